The molecule has 0 fully saturated rings. The SMILES string of the molecule is Cc1ccc([C@@H](C)NC(=O)CN(c2ccc(F)cc2)S(C)(=O)=O)c(C)c1. The van der Waals surface area contributed by atoms with E-state index in [4.69, 9.17) is 0 Å². The number of aryl methyl sites for hydroxylation is 2. The summed E-state index contributed by atoms with van der Waals surface area (Å²) in [5.41, 5.74) is 3.39. The molecule has 0 aliphatic heterocycles. The van der Waals surface area contributed by atoms with Crippen molar-refractivity contribution in [1.29, 1.82) is 0 Å². The number of nitrogens with one attached hydrogen (secondary N) is 1. The third kappa shape index (κ3) is 5.05. The number of benzene rings is 2. The summed E-state index contributed by atoms with van der Waals surface area (Å²) in [6, 6.07) is 10.6. The average Bonchev–Trinajstić information content (AvgIpc) is 2.52. The highest BCUT2D eigenvalue weighted by Gasteiger charge is 2.22. The number of sulfonamides is 1. The van der Waals surface area contributed by atoms with Gasteiger partial charge in [0.25, 0.3) is 0 Å². The van der Waals surface area contributed by atoms with Crippen LogP contribution in [-0.2, 0) is 14.8 Å². The van der Waals surface area contributed by atoms with E-state index >= 15 is 0 Å². The minimum Gasteiger partial charge on any atom is -0.348 e. The predicted molar refractivity (Wildman–Crippen MR) is 101 cm³/mol. The van der Waals surface area contributed by atoms with E-state index in [9.17, 15) is 17.6 Å². The molecule has 0 unspecified atom stereocenters. The van der Waals surface area contributed by atoms with Crippen molar-refractivity contribution in [3.05, 3.63) is 65.0 Å². The highest BCUT2D eigenvalue weighted by molar-refractivity contribution is 7.92. The number of hydrogen-bond acceptors (Lipinski definition) is 3. The van der Waals surface area contributed by atoms with Crippen LogP contribution in [-0.4, -0.2) is 27.1 Å². The first-order valence-corrected chi connectivity index (χ1v) is 10.0. The molecule has 7 heteroatoms. The van der Waals surface area contributed by atoms with E-state index < -0.39 is 21.7 Å². The molecule has 26 heavy (non-hydrogen) atoms. The molecule has 0 saturated heterocycles. The first kappa shape index (κ1) is 19.9. The van der Waals surface area contributed by atoms with Crippen LogP contribution in [0, 0.1) is 19.7 Å². The lowest BCUT2D eigenvalue weighted by molar-refractivity contribution is -0.120. The molecule has 0 radical (unpaired) electrons. The van der Waals surface area contributed by atoms with E-state index in [1.54, 1.807) is 0 Å². The monoisotopic (exact) mass is 378 g/mol. The molecule has 0 aromatic heterocycles. The van der Waals surface area contributed by atoms with E-state index in [-0.39, 0.29) is 18.3 Å². The van der Waals surface area contributed by atoms with E-state index in [1.165, 1.54) is 12.1 Å². The summed E-state index contributed by atoms with van der Waals surface area (Å²) in [6.07, 6.45) is 1.01. The summed E-state index contributed by atoms with van der Waals surface area (Å²) < 4.78 is 38.1. The fourth-order valence-electron chi connectivity index (χ4n) is 2.81. The third-order valence-electron chi connectivity index (χ3n) is 4.07. The highest BCUT2D eigenvalue weighted by Crippen LogP contribution is 2.20. The molecular weight excluding hydrogens is 355 g/mol. The second kappa shape index (κ2) is 7.86. The van der Waals surface area contributed by atoms with E-state index in [2.05, 4.69) is 5.32 Å². The lowest BCUT2D eigenvalue weighted by Gasteiger charge is -2.23. The third-order valence-corrected chi connectivity index (χ3v) is 5.21. The van der Waals surface area contributed by atoms with Crippen molar-refractivity contribution >= 4 is 21.6 Å². The average molecular weight is 378 g/mol. The molecule has 0 aliphatic rings. The lowest BCUT2D eigenvalue weighted by atomic mass is 10.0. The first-order valence-electron chi connectivity index (χ1n) is 8.17. The Morgan fingerprint density at radius 1 is 1.15 bits per heavy atom. The number of anilines is 1. The fourth-order valence-corrected chi connectivity index (χ4v) is 3.67. The van der Waals surface area contributed by atoms with Crippen molar-refractivity contribution in [3.63, 3.8) is 0 Å². The van der Waals surface area contributed by atoms with Gasteiger partial charge in [0.2, 0.25) is 15.9 Å². The largest absolute Gasteiger partial charge is 0.348 e. The van der Waals surface area contributed by atoms with Crippen LogP contribution in [0.3, 0.4) is 0 Å². The normalized spacial score (nSPS) is 12.5. The van der Waals surface area contributed by atoms with Gasteiger partial charge in [0, 0.05) is 0 Å². The molecular formula is C19H23FN2O3S. The minimum absolute atomic E-state index is 0.239. The molecule has 1 N–H and O–H groups in total. The van der Waals surface area contributed by atoms with Crippen LogP contribution in [0.4, 0.5) is 10.1 Å². The zero-order valence-electron chi connectivity index (χ0n) is 15.3. The molecule has 5 nitrogen and oxygen atoms in total. The van der Waals surface area contributed by atoms with E-state index in [0.717, 1.165) is 39.4 Å². The van der Waals surface area contributed by atoms with E-state index in [1.807, 2.05) is 39.0 Å². The summed E-state index contributed by atoms with van der Waals surface area (Å²) in [5, 5.41) is 2.82. The van der Waals surface area contributed by atoms with Gasteiger partial charge in [-0.05, 0) is 56.2 Å². The van der Waals surface area contributed by atoms with Gasteiger partial charge < -0.3 is 5.32 Å². The van der Waals surface area contributed by atoms with Crippen molar-refractivity contribution in [1.82, 2.24) is 5.32 Å². The minimum atomic E-state index is -3.69. The molecule has 2 aromatic rings. The number of amides is 1. The molecule has 140 valence electrons. The Balaban J connectivity index is 2.15. The summed E-state index contributed by atoms with van der Waals surface area (Å²) in [7, 11) is -3.69. The van der Waals surface area contributed by atoms with Crippen LogP contribution in [0.15, 0.2) is 42.5 Å². The van der Waals surface area contributed by atoms with Crippen LogP contribution in [0.25, 0.3) is 0 Å². The molecule has 1 amide bonds. The number of halogens is 1. The zero-order valence-corrected chi connectivity index (χ0v) is 16.1. The van der Waals surface area contributed by atoms with Gasteiger partial charge in [0.05, 0.1) is 18.0 Å². The van der Waals surface area contributed by atoms with Gasteiger partial charge in [0.1, 0.15) is 12.4 Å². The smallest absolute Gasteiger partial charge is 0.241 e. The first-order chi connectivity index (χ1) is 12.1. The Kier molecular flexibility index (Phi) is 6.02. The Labute approximate surface area is 153 Å². The fraction of sp³-hybridized carbons (Fsp3) is 0.316. The maximum absolute atomic E-state index is 13.1. The molecule has 1 atom stereocenters. The van der Waals surface area contributed by atoms with Gasteiger partial charge in [-0.15, -0.1) is 0 Å². The summed E-state index contributed by atoms with van der Waals surface area (Å²) >= 11 is 0. The van der Waals surface area contributed by atoms with Gasteiger partial charge in [-0.1, -0.05) is 23.8 Å². The number of carbonyl (C=O) groups is 1. The van der Waals surface area contributed by atoms with Crippen LogP contribution in [0.5, 0.6) is 0 Å². The van der Waals surface area contributed by atoms with Gasteiger partial charge in [-0.2, -0.15) is 0 Å². The van der Waals surface area contributed by atoms with Gasteiger partial charge >= 0.3 is 0 Å². The van der Waals surface area contributed by atoms with E-state index in [0.29, 0.717) is 0 Å². The van der Waals surface area contributed by atoms with Crippen molar-refractivity contribution in [2.45, 2.75) is 26.8 Å². The standard InChI is InChI=1S/C19H23FN2O3S/c1-13-5-10-18(14(2)11-13)15(3)21-19(23)12-22(26(4,24)25)17-8-6-16(20)7-9-17/h5-11,15H,12H2,1-4H3,(H,21,23)/t15-/m1/s1. The lowest BCUT2D eigenvalue weighted by Crippen LogP contribution is -2.41. The van der Waals surface area contributed by atoms with Crippen LogP contribution in [0.2, 0.25) is 0 Å². The van der Waals surface area contributed by atoms with Crippen LogP contribution >= 0.6 is 0 Å². The number of hydrogen-bond donors (Lipinski definition) is 1. The second-order valence-corrected chi connectivity index (χ2v) is 8.30. The Morgan fingerprint density at radius 3 is 2.31 bits per heavy atom. The predicted octanol–water partition coefficient (Wildman–Crippen LogP) is 3.09. The van der Waals surface area contributed by atoms with Crippen molar-refractivity contribution < 1.29 is 17.6 Å². The van der Waals surface area contributed by atoms with Crippen molar-refractivity contribution in [2.24, 2.45) is 0 Å². The van der Waals surface area contributed by atoms with Crippen LogP contribution in [0.1, 0.15) is 29.7 Å². The number of rotatable bonds is 6. The van der Waals surface area contributed by atoms with Crippen LogP contribution < -0.4 is 9.62 Å². The maximum Gasteiger partial charge on any atom is 0.241 e. The molecule has 0 aliphatic carbocycles. The molecule has 0 spiro atoms. The summed E-state index contributed by atoms with van der Waals surface area (Å²) in [4.78, 5) is 12.4. The molecule has 2 aromatic carbocycles. The molecule has 0 saturated carbocycles. The number of nitrogens with zero attached hydrogens (tertiary/aromatic N) is 1. The van der Waals surface area contributed by atoms with Gasteiger partial charge in [-0.3, -0.25) is 9.10 Å². The molecule has 2 rings (SSSR count). The quantitative estimate of drug-likeness (QED) is 0.840. The number of carbonyl (C=O) groups excluding carboxylic acids is 1. The zero-order chi connectivity index (χ0) is 19.5. The van der Waals surface area contributed by atoms with Gasteiger partial charge in [-0.25, -0.2) is 12.8 Å². The summed E-state index contributed by atoms with van der Waals surface area (Å²) in [6.45, 7) is 5.43. The second-order valence-electron chi connectivity index (χ2n) is 6.40. The van der Waals surface area contributed by atoms with Crippen molar-refractivity contribution in [3.8, 4) is 0 Å². The van der Waals surface area contributed by atoms with Gasteiger partial charge in [0.15, 0.2) is 0 Å². The maximum atomic E-state index is 13.1. The Hall–Kier alpha value is -2.41. The summed E-state index contributed by atoms with van der Waals surface area (Å²) in [5.74, 6) is -0.914. The Bertz CT molecular complexity index is 896. The highest BCUT2D eigenvalue weighted by atomic mass is 32.2. The topological polar surface area (TPSA) is 66.5 Å². The molecule has 0 heterocycles. The van der Waals surface area contributed by atoms with Crippen molar-refractivity contribution in [2.75, 3.05) is 17.1 Å². The Morgan fingerprint density at radius 2 is 1.77 bits per heavy atom. The molecule has 0 bridgehead atoms.